The fourth-order valence-electron chi connectivity index (χ4n) is 3.14. The highest BCUT2D eigenvalue weighted by atomic mass is 16.2. The van der Waals surface area contributed by atoms with E-state index in [2.05, 4.69) is 5.32 Å². The summed E-state index contributed by atoms with van der Waals surface area (Å²) >= 11 is 0. The third-order valence-electron chi connectivity index (χ3n) is 4.70. The Kier molecular flexibility index (Phi) is 4.27. The molecule has 1 unspecified atom stereocenters. The van der Waals surface area contributed by atoms with Crippen LogP contribution in [0.25, 0.3) is 0 Å². The van der Waals surface area contributed by atoms with Crippen LogP contribution in [-0.2, 0) is 18.9 Å². The number of aromatic nitrogens is 2. The first-order valence-corrected chi connectivity index (χ1v) is 8.16. The minimum Gasteiger partial charge on any atom is -0.384 e. The zero-order chi connectivity index (χ0) is 19.2. The number of benzene rings is 1. The van der Waals surface area contributed by atoms with E-state index < -0.39 is 28.9 Å². The standard InChI is InChI=1S/C18H20N4O4/c1-10-5-7-11(8-6-10)19-9-12-14(23)13-15(20(2)16(12)24)21(3)18(26)22(4)17(13)25/h5-8,12,19H,9H2,1-4H3. The summed E-state index contributed by atoms with van der Waals surface area (Å²) in [5.41, 5.74) is 0.467. The number of carbonyl (C=O) groups is 2. The van der Waals surface area contributed by atoms with E-state index in [0.29, 0.717) is 0 Å². The first-order chi connectivity index (χ1) is 12.2. The molecular formula is C18H20N4O4. The van der Waals surface area contributed by atoms with Crippen LogP contribution >= 0.6 is 0 Å². The quantitative estimate of drug-likeness (QED) is 0.798. The van der Waals surface area contributed by atoms with Crippen LogP contribution in [0.2, 0.25) is 0 Å². The molecule has 0 spiro atoms. The zero-order valence-corrected chi connectivity index (χ0v) is 15.1. The van der Waals surface area contributed by atoms with Gasteiger partial charge in [0.1, 0.15) is 17.3 Å². The maximum Gasteiger partial charge on any atom is 0.332 e. The van der Waals surface area contributed by atoms with Crippen LogP contribution in [0.3, 0.4) is 0 Å². The molecule has 2 heterocycles. The van der Waals surface area contributed by atoms with Crippen molar-refractivity contribution in [3.8, 4) is 0 Å². The summed E-state index contributed by atoms with van der Waals surface area (Å²) in [5, 5.41) is 3.07. The Labute approximate surface area is 149 Å². The summed E-state index contributed by atoms with van der Waals surface area (Å²) < 4.78 is 2.03. The molecule has 26 heavy (non-hydrogen) atoms. The minimum atomic E-state index is -1.03. The van der Waals surface area contributed by atoms with Crippen LogP contribution in [-0.4, -0.2) is 34.4 Å². The Morgan fingerprint density at radius 3 is 2.19 bits per heavy atom. The summed E-state index contributed by atoms with van der Waals surface area (Å²) in [6.45, 7) is 2.03. The molecule has 0 bridgehead atoms. The van der Waals surface area contributed by atoms with Gasteiger partial charge in [0.25, 0.3) is 5.56 Å². The highest BCUT2D eigenvalue weighted by Crippen LogP contribution is 2.26. The maximum absolute atomic E-state index is 12.9. The van der Waals surface area contributed by atoms with Crippen molar-refractivity contribution in [1.29, 1.82) is 0 Å². The van der Waals surface area contributed by atoms with Gasteiger partial charge in [0.15, 0.2) is 5.78 Å². The number of hydrogen-bond donors (Lipinski definition) is 1. The molecule has 0 saturated heterocycles. The molecule has 0 saturated carbocycles. The smallest absolute Gasteiger partial charge is 0.332 e. The van der Waals surface area contributed by atoms with Crippen LogP contribution < -0.4 is 21.5 Å². The number of aryl methyl sites for hydroxylation is 1. The lowest BCUT2D eigenvalue weighted by Crippen LogP contribution is -2.53. The Hall–Kier alpha value is -3.16. The minimum absolute atomic E-state index is 0.0414. The van der Waals surface area contributed by atoms with Gasteiger partial charge in [-0.3, -0.25) is 28.4 Å². The molecule has 0 radical (unpaired) electrons. The van der Waals surface area contributed by atoms with E-state index in [9.17, 15) is 19.2 Å². The molecule has 1 aliphatic heterocycles. The lowest BCUT2D eigenvalue weighted by molar-refractivity contribution is -0.120. The first-order valence-electron chi connectivity index (χ1n) is 8.16. The van der Waals surface area contributed by atoms with Gasteiger partial charge in [-0.15, -0.1) is 0 Å². The molecule has 1 aliphatic rings. The lowest BCUT2D eigenvalue weighted by Gasteiger charge is -2.31. The van der Waals surface area contributed by atoms with Gasteiger partial charge in [-0.25, -0.2) is 4.79 Å². The van der Waals surface area contributed by atoms with Gasteiger partial charge >= 0.3 is 5.69 Å². The van der Waals surface area contributed by atoms with Crippen LogP contribution in [0, 0.1) is 12.8 Å². The molecule has 136 valence electrons. The van der Waals surface area contributed by atoms with Crippen molar-refractivity contribution in [2.75, 3.05) is 23.8 Å². The Morgan fingerprint density at radius 1 is 0.962 bits per heavy atom. The predicted molar refractivity (Wildman–Crippen MR) is 97.8 cm³/mol. The SMILES string of the molecule is Cc1ccc(NCC2C(=O)c3c(n(C)c(=O)n(C)c3=O)N(C)C2=O)cc1. The summed E-state index contributed by atoms with van der Waals surface area (Å²) in [4.78, 5) is 51.3. The molecule has 0 aliphatic carbocycles. The second kappa shape index (κ2) is 6.29. The van der Waals surface area contributed by atoms with E-state index in [1.807, 2.05) is 31.2 Å². The summed E-state index contributed by atoms with van der Waals surface area (Å²) in [6, 6.07) is 7.54. The number of anilines is 2. The van der Waals surface area contributed by atoms with Gasteiger partial charge < -0.3 is 5.32 Å². The predicted octanol–water partition coefficient (Wildman–Crippen LogP) is 0.280. The van der Waals surface area contributed by atoms with Gasteiger partial charge in [0.2, 0.25) is 5.91 Å². The number of nitrogens with one attached hydrogen (secondary N) is 1. The summed E-state index contributed by atoms with van der Waals surface area (Å²) in [7, 11) is 4.21. The Bertz CT molecular complexity index is 1020. The van der Waals surface area contributed by atoms with E-state index >= 15 is 0 Å². The van der Waals surface area contributed by atoms with Crippen molar-refractivity contribution in [3.05, 3.63) is 56.2 Å². The lowest BCUT2D eigenvalue weighted by atomic mass is 9.92. The first kappa shape index (κ1) is 17.7. The Morgan fingerprint density at radius 2 is 1.58 bits per heavy atom. The van der Waals surface area contributed by atoms with Crippen molar-refractivity contribution < 1.29 is 9.59 Å². The molecule has 1 aromatic heterocycles. The van der Waals surface area contributed by atoms with Crippen molar-refractivity contribution in [3.63, 3.8) is 0 Å². The average Bonchev–Trinajstić information content (AvgIpc) is 2.62. The molecule has 1 N–H and O–H groups in total. The number of Topliss-reactive ketones (excluding diaryl/α,β-unsaturated/α-hetero) is 1. The molecule has 3 rings (SSSR count). The van der Waals surface area contributed by atoms with Gasteiger partial charge in [-0.05, 0) is 19.1 Å². The molecule has 8 heteroatoms. The maximum atomic E-state index is 12.9. The fourth-order valence-corrected chi connectivity index (χ4v) is 3.14. The van der Waals surface area contributed by atoms with Crippen molar-refractivity contribution in [1.82, 2.24) is 9.13 Å². The van der Waals surface area contributed by atoms with Gasteiger partial charge in [0, 0.05) is 33.4 Å². The van der Waals surface area contributed by atoms with Crippen molar-refractivity contribution in [2.45, 2.75) is 6.92 Å². The highest BCUT2D eigenvalue weighted by molar-refractivity contribution is 6.21. The Balaban J connectivity index is 2.00. The van der Waals surface area contributed by atoms with Crippen LogP contribution in [0.15, 0.2) is 33.9 Å². The number of ketones is 1. The number of fused-ring (bicyclic) bond motifs is 1. The number of nitrogens with zero attached hydrogens (tertiary/aromatic N) is 3. The van der Waals surface area contributed by atoms with E-state index in [-0.39, 0.29) is 17.9 Å². The third kappa shape index (κ3) is 2.63. The number of amides is 1. The van der Waals surface area contributed by atoms with Crippen LogP contribution in [0.1, 0.15) is 15.9 Å². The molecule has 1 atom stereocenters. The van der Waals surface area contributed by atoms with Gasteiger partial charge in [0.05, 0.1) is 0 Å². The van der Waals surface area contributed by atoms with Crippen LogP contribution in [0.5, 0.6) is 0 Å². The van der Waals surface area contributed by atoms with E-state index in [4.69, 9.17) is 0 Å². The second-order valence-corrected chi connectivity index (χ2v) is 6.47. The van der Waals surface area contributed by atoms with Crippen molar-refractivity contribution >= 4 is 23.2 Å². The summed E-state index contributed by atoms with van der Waals surface area (Å²) in [5.74, 6) is -2.01. The largest absolute Gasteiger partial charge is 0.384 e. The van der Waals surface area contributed by atoms with E-state index in [0.717, 1.165) is 20.4 Å². The van der Waals surface area contributed by atoms with E-state index in [1.165, 1.54) is 26.0 Å². The molecule has 1 amide bonds. The second-order valence-electron chi connectivity index (χ2n) is 6.47. The van der Waals surface area contributed by atoms with Crippen molar-refractivity contribution in [2.24, 2.45) is 20.0 Å². The number of carbonyl (C=O) groups excluding carboxylic acids is 2. The molecule has 0 fully saturated rings. The molecular weight excluding hydrogens is 336 g/mol. The number of hydrogen-bond acceptors (Lipinski definition) is 5. The van der Waals surface area contributed by atoms with Gasteiger partial charge in [-0.2, -0.15) is 0 Å². The normalized spacial score (nSPS) is 16.6. The zero-order valence-electron chi connectivity index (χ0n) is 15.1. The average molecular weight is 356 g/mol. The highest BCUT2D eigenvalue weighted by Gasteiger charge is 2.41. The topological polar surface area (TPSA) is 93.4 Å². The molecule has 2 aromatic rings. The molecule has 1 aromatic carbocycles. The molecule has 8 nitrogen and oxygen atoms in total. The number of rotatable bonds is 3. The summed E-state index contributed by atoms with van der Waals surface area (Å²) in [6.07, 6.45) is 0. The van der Waals surface area contributed by atoms with Crippen LogP contribution in [0.4, 0.5) is 11.5 Å². The van der Waals surface area contributed by atoms with Gasteiger partial charge in [-0.1, -0.05) is 17.7 Å². The van der Waals surface area contributed by atoms with E-state index in [1.54, 1.807) is 0 Å². The third-order valence-corrected chi connectivity index (χ3v) is 4.70. The fraction of sp³-hybridized carbons (Fsp3) is 0.333. The monoisotopic (exact) mass is 356 g/mol.